The minimum atomic E-state index is -0.441. The molecule has 0 N–H and O–H groups in total. The summed E-state index contributed by atoms with van der Waals surface area (Å²) in [4.78, 5) is 14.0. The predicted octanol–water partition coefficient (Wildman–Crippen LogP) is 1.51. The third-order valence-corrected chi connectivity index (χ3v) is 3.32. The van der Waals surface area contributed by atoms with Crippen molar-refractivity contribution in [2.75, 3.05) is 24.6 Å². The number of aromatic nitrogens is 3. The SMILES string of the molecule is CCOC(=O)c1nnc2cc(N3CCCC3)ccn12. The highest BCUT2D eigenvalue weighted by Gasteiger charge is 2.17. The molecule has 0 amide bonds. The zero-order chi connectivity index (χ0) is 13.2. The largest absolute Gasteiger partial charge is 0.460 e. The molecular weight excluding hydrogens is 244 g/mol. The summed E-state index contributed by atoms with van der Waals surface area (Å²) in [7, 11) is 0. The summed E-state index contributed by atoms with van der Waals surface area (Å²) in [5, 5.41) is 7.94. The zero-order valence-electron chi connectivity index (χ0n) is 10.9. The number of anilines is 1. The van der Waals surface area contributed by atoms with Gasteiger partial charge in [-0.3, -0.25) is 4.40 Å². The van der Waals surface area contributed by atoms with Gasteiger partial charge in [0.05, 0.1) is 6.61 Å². The number of esters is 1. The fourth-order valence-electron chi connectivity index (χ4n) is 2.39. The number of hydrogen-bond donors (Lipinski definition) is 0. The molecule has 1 aliphatic heterocycles. The highest BCUT2D eigenvalue weighted by molar-refractivity contribution is 5.86. The third kappa shape index (κ3) is 2.14. The summed E-state index contributed by atoms with van der Waals surface area (Å²) in [5.74, 6) is -0.214. The smallest absolute Gasteiger partial charge is 0.376 e. The summed E-state index contributed by atoms with van der Waals surface area (Å²) in [6.45, 7) is 4.26. The molecule has 0 radical (unpaired) electrons. The number of carbonyl (C=O) groups excluding carboxylic acids is 1. The number of fused-ring (bicyclic) bond motifs is 1. The molecule has 0 aliphatic carbocycles. The lowest BCUT2D eigenvalue weighted by Crippen LogP contribution is -2.17. The molecule has 6 nitrogen and oxygen atoms in total. The van der Waals surface area contributed by atoms with E-state index in [4.69, 9.17) is 4.74 Å². The average molecular weight is 260 g/mol. The van der Waals surface area contributed by atoms with Crippen molar-refractivity contribution in [1.29, 1.82) is 0 Å². The van der Waals surface area contributed by atoms with Gasteiger partial charge in [0.25, 0.3) is 0 Å². The van der Waals surface area contributed by atoms with Gasteiger partial charge in [0.1, 0.15) is 0 Å². The molecule has 1 saturated heterocycles. The molecule has 19 heavy (non-hydrogen) atoms. The Kier molecular flexibility index (Phi) is 3.06. The van der Waals surface area contributed by atoms with Gasteiger partial charge in [0, 0.05) is 31.0 Å². The predicted molar refractivity (Wildman–Crippen MR) is 70.4 cm³/mol. The second-order valence-corrected chi connectivity index (χ2v) is 4.55. The quantitative estimate of drug-likeness (QED) is 0.783. The highest BCUT2D eigenvalue weighted by Crippen LogP contribution is 2.21. The van der Waals surface area contributed by atoms with E-state index in [1.807, 2.05) is 18.3 Å². The van der Waals surface area contributed by atoms with Crippen LogP contribution in [0.5, 0.6) is 0 Å². The number of carbonyl (C=O) groups is 1. The summed E-state index contributed by atoms with van der Waals surface area (Å²) >= 11 is 0. The van der Waals surface area contributed by atoms with Crippen LogP contribution in [0.4, 0.5) is 5.69 Å². The lowest BCUT2D eigenvalue weighted by molar-refractivity contribution is 0.0510. The number of ether oxygens (including phenoxy) is 1. The van der Waals surface area contributed by atoms with Gasteiger partial charge in [0.2, 0.25) is 5.82 Å². The Labute approximate surface area is 111 Å². The van der Waals surface area contributed by atoms with Gasteiger partial charge in [-0.25, -0.2) is 4.79 Å². The normalized spacial score (nSPS) is 15.1. The van der Waals surface area contributed by atoms with Crippen LogP contribution in [0.2, 0.25) is 0 Å². The van der Waals surface area contributed by atoms with Crippen LogP contribution >= 0.6 is 0 Å². The first-order valence-corrected chi connectivity index (χ1v) is 6.56. The Bertz CT molecular complexity index is 602. The van der Waals surface area contributed by atoms with Crippen molar-refractivity contribution >= 4 is 17.3 Å². The average Bonchev–Trinajstić information content (AvgIpc) is 3.07. The first-order chi connectivity index (χ1) is 9.29. The fourth-order valence-corrected chi connectivity index (χ4v) is 2.39. The van der Waals surface area contributed by atoms with Crippen molar-refractivity contribution in [3.63, 3.8) is 0 Å². The fraction of sp³-hybridized carbons (Fsp3) is 0.462. The maximum absolute atomic E-state index is 11.7. The maximum atomic E-state index is 11.7. The number of hydrogen-bond acceptors (Lipinski definition) is 5. The van der Waals surface area contributed by atoms with Crippen LogP contribution in [0.3, 0.4) is 0 Å². The van der Waals surface area contributed by atoms with E-state index in [1.54, 1.807) is 11.3 Å². The van der Waals surface area contributed by atoms with Crippen LogP contribution in [-0.4, -0.2) is 40.3 Å². The minimum Gasteiger partial charge on any atom is -0.460 e. The van der Waals surface area contributed by atoms with E-state index in [0.29, 0.717) is 12.3 Å². The van der Waals surface area contributed by atoms with E-state index in [0.717, 1.165) is 18.8 Å². The van der Waals surface area contributed by atoms with Crippen LogP contribution in [0.25, 0.3) is 5.65 Å². The van der Waals surface area contributed by atoms with E-state index in [9.17, 15) is 4.79 Å². The number of nitrogens with zero attached hydrogens (tertiary/aromatic N) is 4. The van der Waals surface area contributed by atoms with Gasteiger partial charge in [-0.15, -0.1) is 10.2 Å². The standard InChI is InChI=1S/C13H16N4O2/c1-2-19-13(18)12-15-14-11-9-10(5-8-17(11)12)16-6-3-4-7-16/h5,8-9H,2-4,6-7H2,1H3. The lowest BCUT2D eigenvalue weighted by Gasteiger charge is -2.17. The van der Waals surface area contributed by atoms with Crippen LogP contribution in [0, 0.1) is 0 Å². The molecule has 0 atom stereocenters. The molecule has 0 bridgehead atoms. The van der Waals surface area contributed by atoms with E-state index < -0.39 is 5.97 Å². The Balaban J connectivity index is 1.95. The lowest BCUT2D eigenvalue weighted by atomic mass is 10.3. The van der Waals surface area contributed by atoms with E-state index >= 15 is 0 Å². The van der Waals surface area contributed by atoms with Gasteiger partial charge < -0.3 is 9.64 Å². The Morgan fingerprint density at radius 3 is 2.89 bits per heavy atom. The van der Waals surface area contributed by atoms with Crippen molar-refractivity contribution in [1.82, 2.24) is 14.6 Å². The van der Waals surface area contributed by atoms with Gasteiger partial charge in [-0.1, -0.05) is 0 Å². The van der Waals surface area contributed by atoms with Gasteiger partial charge in [0.15, 0.2) is 5.65 Å². The molecule has 0 spiro atoms. The Morgan fingerprint density at radius 1 is 1.37 bits per heavy atom. The van der Waals surface area contributed by atoms with Crippen molar-refractivity contribution < 1.29 is 9.53 Å². The Hall–Kier alpha value is -2.11. The van der Waals surface area contributed by atoms with Crippen molar-refractivity contribution in [2.45, 2.75) is 19.8 Å². The molecule has 3 heterocycles. The maximum Gasteiger partial charge on any atom is 0.376 e. The highest BCUT2D eigenvalue weighted by atomic mass is 16.5. The summed E-state index contributed by atoms with van der Waals surface area (Å²) in [5.41, 5.74) is 1.81. The molecule has 2 aromatic rings. The van der Waals surface area contributed by atoms with Gasteiger partial charge >= 0.3 is 5.97 Å². The molecule has 1 fully saturated rings. The van der Waals surface area contributed by atoms with Gasteiger partial charge in [-0.2, -0.15) is 0 Å². The van der Waals surface area contributed by atoms with E-state index in [1.165, 1.54) is 12.8 Å². The first kappa shape index (κ1) is 12.0. The minimum absolute atomic E-state index is 0.227. The summed E-state index contributed by atoms with van der Waals surface area (Å²) in [6.07, 6.45) is 4.28. The zero-order valence-corrected chi connectivity index (χ0v) is 10.9. The molecule has 6 heteroatoms. The topological polar surface area (TPSA) is 59.7 Å². The van der Waals surface area contributed by atoms with E-state index in [2.05, 4.69) is 15.1 Å². The van der Waals surface area contributed by atoms with Crippen molar-refractivity contribution in [3.8, 4) is 0 Å². The molecule has 1 aliphatic rings. The second-order valence-electron chi connectivity index (χ2n) is 4.55. The molecule has 0 unspecified atom stereocenters. The van der Waals surface area contributed by atoms with Crippen LogP contribution in [0.15, 0.2) is 18.3 Å². The van der Waals surface area contributed by atoms with Gasteiger partial charge in [-0.05, 0) is 25.8 Å². The number of rotatable bonds is 3. The monoisotopic (exact) mass is 260 g/mol. The molecule has 100 valence electrons. The van der Waals surface area contributed by atoms with Crippen LogP contribution < -0.4 is 4.90 Å². The molecular formula is C13H16N4O2. The summed E-state index contributed by atoms with van der Waals surface area (Å²) < 4.78 is 6.62. The molecule has 2 aromatic heterocycles. The van der Waals surface area contributed by atoms with Crippen molar-refractivity contribution in [3.05, 3.63) is 24.2 Å². The van der Waals surface area contributed by atoms with Crippen molar-refractivity contribution in [2.24, 2.45) is 0 Å². The first-order valence-electron chi connectivity index (χ1n) is 6.56. The van der Waals surface area contributed by atoms with Crippen LogP contribution in [0.1, 0.15) is 30.4 Å². The molecule has 3 rings (SSSR count). The van der Waals surface area contributed by atoms with Crippen LogP contribution in [-0.2, 0) is 4.74 Å². The number of pyridine rings is 1. The summed E-state index contributed by atoms with van der Waals surface area (Å²) in [6, 6.07) is 3.95. The second kappa shape index (κ2) is 4.87. The third-order valence-electron chi connectivity index (χ3n) is 3.32. The molecule has 0 aromatic carbocycles. The molecule has 0 saturated carbocycles. The van der Waals surface area contributed by atoms with E-state index in [-0.39, 0.29) is 5.82 Å². The Morgan fingerprint density at radius 2 is 2.16 bits per heavy atom.